The monoisotopic (exact) mass is 433 g/mol. The van der Waals surface area contributed by atoms with Crippen LogP contribution in [0.15, 0.2) is 53.4 Å². The van der Waals surface area contributed by atoms with E-state index in [0.29, 0.717) is 23.4 Å². The van der Waals surface area contributed by atoms with Gasteiger partial charge in [0.05, 0.1) is 10.6 Å². The molecule has 0 aromatic heterocycles. The molecule has 2 aromatic rings. The third-order valence-corrected chi connectivity index (χ3v) is 6.67. The van der Waals surface area contributed by atoms with Gasteiger partial charge >= 0.3 is 0 Å². The Morgan fingerprint density at radius 1 is 1.07 bits per heavy atom. The molecular formula is C22H24ClNO4S. The summed E-state index contributed by atoms with van der Waals surface area (Å²) >= 11 is 6.32. The topological polar surface area (TPSA) is 72.5 Å². The first-order chi connectivity index (χ1) is 13.7. The summed E-state index contributed by atoms with van der Waals surface area (Å²) in [6, 6.07) is 13.9. The van der Waals surface area contributed by atoms with Gasteiger partial charge in [-0.05, 0) is 44.0 Å². The van der Waals surface area contributed by atoms with Gasteiger partial charge in [-0.15, -0.1) is 0 Å². The Morgan fingerprint density at radius 2 is 1.76 bits per heavy atom. The number of benzene rings is 2. The number of carbonyl (C=O) groups is 1. The molecule has 0 aliphatic carbocycles. The summed E-state index contributed by atoms with van der Waals surface area (Å²) in [5, 5.41) is 0.0761. The summed E-state index contributed by atoms with van der Waals surface area (Å²) in [5.41, 5.74) is 0.746. The molecule has 1 N–H and O–H groups in total. The predicted molar refractivity (Wildman–Crippen MR) is 115 cm³/mol. The van der Waals surface area contributed by atoms with Crippen LogP contribution in [0, 0.1) is 0 Å². The fourth-order valence-electron chi connectivity index (χ4n) is 3.15. The number of halogens is 1. The van der Waals surface area contributed by atoms with Crippen molar-refractivity contribution in [3.05, 3.63) is 64.7 Å². The van der Waals surface area contributed by atoms with Gasteiger partial charge in [-0.1, -0.05) is 55.3 Å². The number of rotatable bonds is 7. The Balaban J connectivity index is 2.04. The lowest BCUT2D eigenvalue weighted by atomic mass is 9.93. The lowest BCUT2D eigenvalue weighted by molar-refractivity contribution is -0.125. The number of ether oxygens (including phenoxy) is 1. The Labute approximate surface area is 176 Å². The van der Waals surface area contributed by atoms with Crippen molar-refractivity contribution >= 4 is 38.7 Å². The molecule has 0 radical (unpaired) electrons. The van der Waals surface area contributed by atoms with Crippen molar-refractivity contribution in [2.45, 2.75) is 44.1 Å². The maximum atomic E-state index is 12.9. The summed E-state index contributed by atoms with van der Waals surface area (Å²) in [5.74, 6) is 0.267. The fraction of sp³-hybridized carbons (Fsp3) is 0.318. The molecule has 0 unspecified atom stereocenters. The smallest absolute Gasteiger partial charge is 0.242 e. The second-order valence-electron chi connectivity index (χ2n) is 7.41. The minimum absolute atomic E-state index is 0.00413. The highest BCUT2D eigenvalue weighted by molar-refractivity contribution is 7.89. The molecule has 1 heterocycles. The van der Waals surface area contributed by atoms with E-state index in [1.807, 2.05) is 37.3 Å². The van der Waals surface area contributed by atoms with E-state index in [0.717, 1.165) is 18.4 Å². The van der Waals surface area contributed by atoms with E-state index >= 15 is 0 Å². The van der Waals surface area contributed by atoms with Gasteiger partial charge in [0.1, 0.15) is 10.7 Å². The zero-order chi connectivity index (χ0) is 21.2. The first-order valence-electron chi connectivity index (χ1n) is 9.50. The summed E-state index contributed by atoms with van der Waals surface area (Å²) in [6.07, 6.45) is 1.63. The van der Waals surface area contributed by atoms with Crippen molar-refractivity contribution in [1.82, 2.24) is 4.72 Å². The molecule has 2 aromatic carbocycles. The number of Topliss-reactive ketones (excluding diaryl/α,β-unsaturated/α-hetero) is 1. The van der Waals surface area contributed by atoms with Gasteiger partial charge in [0.25, 0.3) is 0 Å². The first-order valence-corrected chi connectivity index (χ1v) is 11.4. The molecule has 0 amide bonds. The van der Waals surface area contributed by atoms with E-state index < -0.39 is 15.6 Å². The number of unbranched alkanes of at least 4 members (excludes halogenated alkanes) is 1. The van der Waals surface area contributed by atoms with Crippen LogP contribution in [0.1, 0.15) is 44.7 Å². The van der Waals surface area contributed by atoms with E-state index in [9.17, 15) is 13.2 Å². The van der Waals surface area contributed by atoms with Gasteiger partial charge in [0.15, 0.2) is 5.60 Å². The predicted octanol–water partition coefficient (Wildman–Crippen LogP) is 4.66. The molecule has 7 heteroatoms. The zero-order valence-corrected chi connectivity index (χ0v) is 18.2. The van der Waals surface area contributed by atoms with Crippen LogP contribution in [0.4, 0.5) is 0 Å². The van der Waals surface area contributed by atoms with E-state index in [4.69, 9.17) is 16.3 Å². The van der Waals surface area contributed by atoms with Crippen molar-refractivity contribution in [2.24, 2.45) is 0 Å². The van der Waals surface area contributed by atoms with Gasteiger partial charge < -0.3 is 4.74 Å². The molecule has 154 valence electrons. The lowest BCUT2D eigenvalue weighted by Gasteiger charge is -2.18. The second-order valence-corrected chi connectivity index (χ2v) is 9.55. The number of hydrogen-bond acceptors (Lipinski definition) is 4. The Kier molecular flexibility index (Phi) is 6.17. The summed E-state index contributed by atoms with van der Waals surface area (Å²) < 4.78 is 33.5. The van der Waals surface area contributed by atoms with Crippen LogP contribution in [0.25, 0.3) is 11.3 Å². The van der Waals surface area contributed by atoms with Crippen LogP contribution >= 0.6 is 11.6 Å². The minimum atomic E-state index is -3.71. The molecule has 1 aliphatic rings. The average molecular weight is 434 g/mol. The molecular weight excluding hydrogens is 410 g/mol. The third-order valence-electron chi connectivity index (χ3n) is 4.73. The van der Waals surface area contributed by atoms with Crippen molar-refractivity contribution in [2.75, 3.05) is 6.54 Å². The largest absolute Gasteiger partial charge is 0.478 e. The maximum absolute atomic E-state index is 12.9. The third kappa shape index (κ3) is 4.39. The molecule has 1 aliphatic heterocycles. The average Bonchev–Trinajstić information content (AvgIpc) is 2.92. The molecule has 0 bridgehead atoms. The molecule has 0 saturated heterocycles. The highest BCUT2D eigenvalue weighted by Crippen LogP contribution is 2.42. The number of ketones is 1. The molecule has 3 rings (SSSR count). The van der Waals surface area contributed by atoms with Crippen LogP contribution in [0.5, 0.6) is 0 Å². The standard InChI is InChI=1S/C22H24ClNO4S/c1-4-5-13-24-29(26,27)18-12-11-16(14-17(18)23)20-19(15-9-7-6-8-10-15)21(25)22(2,3)28-20/h6-12,14,24H,4-5,13H2,1-3H3. The maximum Gasteiger partial charge on any atom is 0.242 e. The highest BCUT2D eigenvalue weighted by atomic mass is 35.5. The fourth-order valence-corrected chi connectivity index (χ4v) is 4.76. The molecule has 29 heavy (non-hydrogen) atoms. The minimum Gasteiger partial charge on any atom is -0.478 e. The highest BCUT2D eigenvalue weighted by Gasteiger charge is 2.42. The van der Waals surface area contributed by atoms with Crippen LogP contribution in [-0.2, 0) is 19.6 Å². The van der Waals surface area contributed by atoms with Crippen LogP contribution in [0.2, 0.25) is 5.02 Å². The van der Waals surface area contributed by atoms with Crippen molar-refractivity contribution < 1.29 is 17.9 Å². The summed E-state index contributed by atoms with van der Waals surface area (Å²) in [7, 11) is -3.71. The Morgan fingerprint density at radius 3 is 2.38 bits per heavy atom. The first kappa shape index (κ1) is 21.6. The SMILES string of the molecule is CCCCNS(=O)(=O)c1ccc(C2=C(c3ccccc3)C(=O)C(C)(C)O2)cc1Cl. The van der Waals surface area contributed by atoms with Gasteiger partial charge in [0.2, 0.25) is 15.8 Å². The normalized spacial score (nSPS) is 16.2. The quantitative estimate of drug-likeness (QED) is 0.644. The van der Waals surface area contributed by atoms with E-state index in [1.165, 1.54) is 12.1 Å². The number of sulfonamides is 1. The van der Waals surface area contributed by atoms with E-state index in [-0.39, 0.29) is 15.7 Å². The summed E-state index contributed by atoms with van der Waals surface area (Å²) in [4.78, 5) is 13.0. The number of nitrogens with one attached hydrogen (secondary N) is 1. The van der Waals surface area contributed by atoms with Gasteiger partial charge in [-0.2, -0.15) is 0 Å². The van der Waals surface area contributed by atoms with Gasteiger partial charge in [0, 0.05) is 12.1 Å². The second kappa shape index (κ2) is 8.30. The van der Waals surface area contributed by atoms with E-state index in [2.05, 4.69) is 4.72 Å². The lowest BCUT2D eigenvalue weighted by Crippen LogP contribution is -2.29. The zero-order valence-electron chi connectivity index (χ0n) is 16.7. The summed E-state index contributed by atoms with van der Waals surface area (Å²) in [6.45, 7) is 5.76. The van der Waals surface area contributed by atoms with Crippen LogP contribution in [0.3, 0.4) is 0 Å². The van der Waals surface area contributed by atoms with Crippen molar-refractivity contribution in [3.63, 3.8) is 0 Å². The van der Waals surface area contributed by atoms with Crippen molar-refractivity contribution in [1.29, 1.82) is 0 Å². The van der Waals surface area contributed by atoms with Crippen molar-refractivity contribution in [3.8, 4) is 0 Å². The number of hydrogen-bond donors (Lipinski definition) is 1. The Hall–Kier alpha value is -2.15. The van der Waals surface area contributed by atoms with Gasteiger partial charge in [-0.25, -0.2) is 13.1 Å². The Bertz CT molecular complexity index is 1060. The van der Waals surface area contributed by atoms with E-state index in [1.54, 1.807) is 19.9 Å². The number of carbonyl (C=O) groups excluding carboxylic acids is 1. The molecule has 0 fully saturated rings. The van der Waals surface area contributed by atoms with Gasteiger partial charge in [-0.3, -0.25) is 4.79 Å². The molecule has 5 nitrogen and oxygen atoms in total. The van der Waals surface area contributed by atoms with Crippen LogP contribution in [-0.4, -0.2) is 26.3 Å². The molecule has 0 atom stereocenters. The molecule has 0 saturated carbocycles. The molecule has 0 spiro atoms. The van der Waals surface area contributed by atoms with Crippen LogP contribution < -0.4 is 4.72 Å².